The van der Waals surface area contributed by atoms with Crippen molar-refractivity contribution in [1.29, 1.82) is 0 Å². The summed E-state index contributed by atoms with van der Waals surface area (Å²) in [7, 11) is 0. The van der Waals surface area contributed by atoms with Crippen LogP contribution in [0.3, 0.4) is 0 Å². The topological polar surface area (TPSA) is 91.6 Å². The summed E-state index contributed by atoms with van der Waals surface area (Å²) in [6.07, 6.45) is 3.20. The molecule has 4 rings (SSSR count). The lowest BCUT2D eigenvalue weighted by atomic mass is 10.1. The van der Waals surface area contributed by atoms with Gasteiger partial charge in [-0.15, -0.1) is 0 Å². The lowest BCUT2D eigenvalue weighted by Crippen LogP contribution is -2.52. The fourth-order valence-electron chi connectivity index (χ4n) is 3.92. The Morgan fingerprint density at radius 2 is 1.94 bits per heavy atom. The molecule has 0 aliphatic carbocycles. The number of hydrogen-bond acceptors (Lipinski definition) is 6. The van der Waals surface area contributed by atoms with Crippen molar-refractivity contribution >= 4 is 49.7 Å². The van der Waals surface area contributed by atoms with Crippen molar-refractivity contribution in [2.75, 3.05) is 36.4 Å². The monoisotopic (exact) mass is 483 g/mol. The molecule has 1 aliphatic rings. The van der Waals surface area contributed by atoms with Crippen molar-refractivity contribution in [3.8, 4) is 0 Å². The number of carbonyl (C=O) groups is 1. The lowest BCUT2D eigenvalue weighted by molar-refractivity contribution is -0.383. The second-order valence-electron chi connectivity index (χ2n) is 7.48. The predicted molar refractivity (Wildman–Crippen MR) is 124 cm³/mol. The van der Waals surface area contributed by atoms with Crippen LogP contribution in [0.2, 0.25) is 0 Å². The molecular weight excluding hydrogens is 462 g/mol. The van der Waals surface area contributed by atoms with Gasteiger partial charge in [-0.2, -0.15) is 0 Å². The minimum Gasteiger partial charge on any atom is -0.368 e. The molecule has 1 fully saturated rings. The van der Waals surface area contributed by atoms with Crippen LogP contribution in [0.15, 0.2) is 59.3 Å². The molecule has 0 spiro atoms. The van der Waals surface area contributed by atoms with Crippen LogP contribution in [0.25, 0.3) is 10.8 Å². The maximum atomic E-state index is 12.7. The average Bonchev–Trinajstić information content (AvgIpc) is 2.78. The Labute approximate surface area is 188 Å². The quantitative estimate of drug-likeness (QED) is 0.434. The van der Waals surface area contributed by atoms with Gasteiger partial charge in [-0.25, -0.2) is 0 Å². The van der Waals surface area contributed by atoms with Crippen LogP contribution in [-0.4, -0.2) is 52.9 Å². The van der Waals surface area contributed by atoms with Crippen molar-refractivity contribution in [2.24, 2.45) is 0 Å². The molecule has 8 nitrogen and oxygen atoms in total. The van der Waals surface area contributed by atoms with E-state index in [9.17, 15) is 14.9 Å². The molecule has 1 aliphatic heterocycles. The van der Waals surface area contributed by atoms with Gasteiger partial charge in [0.2, 0.25) is 5.91 Å². The number of non-ortho nitro benzene ring substituents is 1. The Bertz CT molecular complexity index is 1130. The first-order valence-electron chi connectivity index (χ1n) is 10.0. The van der Waals surface area contributed by atoms with E-state index in [0.717, 1.165) is 47.4 Å². The molecular formula is C22H22BrN5O3. The van der Waals surface area contributed by atoms with Gasteiger partial charge in [-0.05, 0) is 37.3 Å². The van der Waals surface area contributed by atoms with Crippen LogP contribution in [0, 0.1) is 10.1 Å². The van der Waals surface area contributed by atoms with E-state index in [0.29, 0.717) is 5.39 Å². The van der Waals surface area contributed by atoms with Gasteiger partial charge in [-0.3, -0.25) is 24.8 Å². The molecule has 0 radical (unpaired) electrons. The predicted octanol–water partition coefficient (Wildman–Crippen LogP) is 4.05. The fraction of sp³-hybridized carbons (Fsp3) is 0.273. The van der Waals surface area contributed by atoms with Gasteiger partial charge in [0.05, 0.1) is 16.4 Å². The molecule has 1 saturated heterocycles. The zero-order chi connectivity index (χ0) is 22.0. The zero-order valence-corrected chi connectivity index (χ0v) is 18.6. The minimum atomic E-state index is -0.378. The van der Waals surface area contributed by atoms with Gasteiger partial charge in [0, 0.05) is 65.9 Å². The van der Waals surface area contributed by atoms with Crippen LogP contribution in [-0.2, 0) is 4.79 Å². The number of amides is 1. The highest BCUT2D eigenvalue weighted by Gasteiger charge is 2.27. The summed E-state index contributed by atoms with van der Waals surface area (Å²) in [6, 6.07) is 12.4. The fourth-order valence-corrected chi connectivity index (χ4v) is 4.32. The summed E-state index contributed by atoms with van der Waals surface area (Å²) in [6.45, 7) is 4.80. The van der Waals surface area contributed by atoms with Crippen molar-refractivity contribution in [3.05, 3.63) is 69.4 Å². The summed E-state index contributed by atoms with van der Waals surface area (Å²) in [5.74, 6) is -0.0431. The van der Waals surface area contributed by atoms with Crippen LogP contribution < -0.4 is 10.2 Å². The molecule has 3 aromatic rings. The maximum absolute atomic E-state index is 12.7. The van der Waals surface area contributed by atoms with Crippen molar-refractivity contribution in [3.63, 3.8) is 0 Å². The number of aromatic nitrogens is 1. The smallest absolute Gasteiger partial charge is 0.278 e. The molecule has 1 N–H and O–H groups in total. The van der Waals surface area contributed by atoms with E-state index in [1.165, 1.54) is 0 Å². The second kappa shape index (κ2) is 8.99. The molecule has 2 aromatic carbocycles. The highest BCUT2D eigenvalue weighted by molar-refractivity contribution is 9.10. The van der Waals surface area contributed by atoms with E-state index < -0.39 is 0 Å². The van der Waals surface area contributed by atoms with Crippen LogP contribution in [0.5, 0.6) is 0 Å². The number of hydrogen-bond donors (Lipinski definition) is 1. The van der Waals surface area contributed by atoms with E-state index in [2.05, 4.69) is 36.0 Å². The zero-order valence-electron chi connectivity index (χ0n) is 17.0. The molecule has 160 valence electrons. The first-order chi connectivity index (χ1) is 14.9. The summed E-state index contributed by atoms with van der Waals surface area (Å²) >= 11 is 3.42. The third-order valence-electron chi connectivity index (χ3n) is 5.64. The molecule has 0 saturated carbocycles. The van der Waals surface area contributed by atoms with E-state index in [4.69, 9.17) is 0 Å². The number of rotatable bonds is 5. The average molecular weight is 484 g/mol. The second-order valence-corrected chi connectivity index (χ2v) is 8.40. The van der Waals surface area contributed by atoms with Crippen LogP contribution in [0.4, 0.5) is 17.1 Å². The SMILES string of the molecule is CC(C(=O)Nc1cccc(Br)c1)N1CCN(c2ccc([N+](=O)[O-])c3cnccc23)CC1. The maximum Gasteiger partial charge on any atom is 0.278 e. The molecule has 1 unspecified atom stereocenters. The summed E-state index contributed by atoms with van der Waals surface area (Å²) in [5.41, 5.74) is 1.77. The molecule has 2 heterocycles. The molecule has 0 bridgehead atoms. The Morgan fingerprint density at radius 3 is 2.65 bits per heavy atom. The number of nitrogens with one attached hydrogen (secondary N) is 1. The molecule has 1 aromatic heterocycles. The third-order valence-corrected chi connectivity index (χ3v) is 6.14. The largest absolute Gasteiger partial charge is 0.368 e. The van der Waals surface area contributed by atoms with E-state index in [1.54, 1.807) is 24.5 Å². The van der Waals surface area contributed by atoms with Crippen LogP contribution in [0.1, 0.15) is 6.92 Å². The van der Waals surface area contributed by atoms with Gasteiger partial charge in [-0.1, -0.05) is 22.0 Å². The number of halogens is 1. The Kier molecular flexibility index (Phi) is 6.15. The van der Waals surface area contributed by atoms with Gasteiger partial charge in [0.25, 0.3) is 5.69 Å². The van der Waals surface area contributed by atoms with Gasteiger partial charge in [0.15, 0.2) is 0 Å². The summed E-state index contributed by atoms with van der Waals surface area (Å²) in [4.78, 5) is 32.1. The van der Waals surface area contributed by atoms with E-state index in [1.807, 2.05) is 37.3 Å². The Hall–Kier alpha value is -3.04. The number of fused-ring (bicyclic) bond motifs is 1. The lowest BCUT2D eigenvalue weighted by Gasteiger charge is -2.38. The number of nitro groups is 1. The molecule has 1 amide bonds. The van der Waals surface area contributed by atoms with E-state index >= 15 is 0 Å². The number of benzene rings is 2. The Balaban J connectivity index is 1.45. The standard InChI is InChI=1S/C22H22BrN5O3/c1-15(22(29)25-17-4-2-3-16(23)13-17)26-9-11-27(12-10-26)20-5-6-21(28(30)31)19-14-24-8-7-18(19)20/h2-8,13-15H,9-12H2,1H3,(H,25,29). The number of carbonyl (C=O) groups excluding carboxylic acids is 1. The highest BCUT2D eigenvalue weighted by atomic mass is 79.9. The van der Waals surface area contributed by atoms with Crippen molar-refractivity contribution < 1.29 is 9.72 Å². The van der Waals surface area contributed by atoms with Gasteiger partial charge < -0.3 is 10.2 Å². The van der Waals surface area contributed by atoms with Crippen molar-refractivity contribution in [1.82, 2.24) is 9.88 Å². The summed E-state index contributed by atoms with van der Waals surface area (Å²) in [5, 5.41) is 15.7. The first kappa shape index (κ1) is 21.2. The molecule has 1 atom stereocenters. The first-order valence-corrected chi connectivity index (χ1v) is 10.8. The Morgan fingerprint density at radius 1 is 1.16 bits per heavy atom. The number of piperazine rings is 1. The third kappa shape index (κ3) is 4.52. The number of anilines is 2. The van der Waals surface area contributed by atoms with E-state index in [-0.39, 0.29) is 22.6 Å². The highest BCUT2D eigenvalue weighted by Crippen LogP contribution is 2.33. The van der Waals surface area contributed by atoms with Crippen LogP contribution >= 0.6 is 15.9 Å². The van der Waals surface area contributed by atoms with Crippen molar-refractivity contribution in [2.45, 2.75) is 13.0 Å². The number of nitro benzene ring substituents is 1. The molecule has 31 heavy (non-hydrogen) atoms. The summed E-state index contributed by atoms with van der Waals surface area (Å²) < 4.78 is 0.914. The molecule has 9 heteroatoms. The van der Waals surface area contributed by atoms with Gasteiger partial charge >= 0.3 is 0 Å². The minimum absolute atomic E-state index is 0.0431. The normalized spacial score (nSPS) is 15.6. The number of nitrogens with zero attached hydrogens (tertiary/aromatic N) is 4. The number of pyridine rings is 1. The van der Waals surface area contributed by atoms with Gasteiger partial charge in [0.1, 0.15) is 0 Å².